The van der Waals surface area contributed by atoms with Gasteiger partial charge in [0.25, 0.3) is 5.91 Å². The van der Waals surface area contributed by atoms with Gasteiger partial charge >= 0.3 is 0 Å². The number of halogens is 1. The quantitative estimate of drug-likeness (QED) is 0.638. The summed E-state index contributed by atoms with van der Waals surface area (Å²) < 4.78 is 1.81. The van der Waals surface area contributed by atoms with Crippen molar-refractivity contribution in [2.24, 2.45) is 0 Å². The first-order chi connectivity index (χ1) is 13.8. The van der Waals surface area contributed by atoms with Crippen LogP contribution in [-0.4, -0.2) is 45.6 Å². The summed E-state index contributed by atoms with van der Waals surface area (Å²) in [6.45, 7) is 14.0. The zero-order valence-corrected chi connectivity index (χ0v) is 17.9. The number of aryl methyl sites for hydroxylation is 1. The van der Waals surface area contributed by atoms with Gasteiger partial charge in [-0.3, -0.25) is 14.3 Å². The third-order valence-corrected chi connectivity index (χ3v) is 5.09. The Balaban J connectivity index is 2.10. The standard InChI is InChI=1S/C22H27ClN4O2/c1-6-11-26(12-7-2)22(29)16(4)24-21(28)19-10-8-9-18(13-19)14-27-17(5)20(23)15(3)25-27/h6-10,13,16H,1-2,11-12,14H2,3-5H3,(H,24,28). The Bertz CT molecular complexity index is 910. The van der Waals surface area contributed by atoms with E-state index in [-0.39, 0.29) is 11.8 Å². The minimum absolute atomic E-state index is 0.188. The molecule has 2 aromatic rings. The van der Waals surface area contributed by atoms with Crippen LogP contribution < -0.4 is 5.32 Å². The summed E-state index contributed by atoms with van der Waals surface area (Å²) in [5.41, 5.74) is 3.05. The molecule has 0 aliphatic heterocycles. The van der Waals surface area contributed by atoms with Crippen LogP contribution in [0.3, 0.4) is 0 Å². The first kappa shape index (κ1) is 22.4. The zero-order chi connectivity index (χ0) is 21.6. The topological polar surface area (TPSA) is 67.2 Å². The van der Waals surface area contributed by atoms with Crippen LogP contribution >= 0.6 is 11.6 Å². The van der Waals surface area contributed by atoms with E-state index in [1.165, 1.54) is 0 Å². The predicted molar refractivity (Wildman–Crippen MR) is 116 cm³/mol. The molecule has 1 unspecified atom stereocenters. The Morgan fingerprint density at radius 2 is 1.93 bits per heavy atom. The summed E-state index contributed by atoms with van der Waals surface area (Å²) in [6.07, 6.45) is 3.29. The largest absolute Gasteiger partial charge is 0.341 e. The molecule has 1 aromatic carbocycles. The fraction of sp³-hybridized carbons (Fsp3) is 0.318. The molecular formula is C22H27ClN4O2. The molecule has 6 nitrogen and oxygen atoms in total. The Morgan fingerprint density at radius 1 is 1.28 bits per heavy atom. The average Bonchev–Trinajstić information content (AvgIpc) is 2.94. The van der Waals surface area contributed by atoms with Gasteiger partial charge in [-0.2, -0.15) is 5.10 Å². The molecule has 0 radical (unpaired) electrons. The summed E-state index contributed by atoms with van der Waals surface area (Å²) in [4.78, 5) is 26.8. The zero-order valence-electron chi connectivity index (χ0n) is 17.1. The predicted octanol–water partition coefficient (Wildman–Crippen LogP) is 3.52. The normalized spacial score (nSPS) is 11.6. The molecule has 0 spiro atoms. The summed E-state index contributed by atoms with van der Waals surface area (Å²) in [5.74, 6) is -0.497. The molecule has 1 N–H and O–H groups in total. The van der Waals surface area contributed by atoms with Gasteiger partial charge in [0.05, 0.1) is 23.0 Å². The van der Waals surface area contributed by atoms with Gasteiger partial charge in [-0.15, -0.1) is 13.2 Å². The highest BCUT2D eigenvalue weighted by Gasteiger charge is 2.21. The fourth-order valence-electron chi connectivity index (χ4n) is 2.99. The fourth-order valence-corrected chi connectivity index (χ4v) is 3.13. The number of nitrogens with one attached hydrogen (secondary N) is 1. The second-order valence-electron chi connectivity index (χ2n) is 6.86. The molecule has 1 aromatic heterocycles. The number of carbonyl (C=O) groups is 2. The number of rotatable bonds is 9. The van der Waals surface area contributed by atoms with Gasteiger partial charge < -0.3 is 10.2 Å². The number of nitrogens with zero attached hydrogens (tertiary/aromatic N) is 3. The highest BCUT2D eigenvalue weighted by molar-refractivity contribution is 6.31. The number of aromatic nitrogens is 2. The molecule has 2 rings (SSSR count). The summed E-state index contributed by atoms with van der Waals surface area (Å²) >= 11 is 6.21. The smallest absolute Gasteiger partial charge is 0.251 e. The molecule has 154 valence electrons. The van der Waals surface area contributed by atoms with E-state index in [1.807, 2.05) is 30.7 Å². The van der Waals surface area contributed by atoms with Crippen molar-refractivity contribution in [3.63, 3.8) is 0 Å². The SMILES string of the molecule is C=CCN(CC=C)C(=O)C(C)NC(=O)c1cccc(Cn2nc(C)c(Cl)c2C)c1. The van der Waals surface area contributed by atoms with Crippen molar-refractivity contribution in [2.45, 2.75) is 33.4 Å². The lowest BCUT2D eigenvalue weighted by Crippen LogP contribution is -2.47. The van der Waals surface area contributed by atoms with Gasteiger partial charge in [0.2, 0.25) is 5.91 Å². The van der Waals surface area contributed by atoms with E-state index in [9.17, 15) is 9.59 Å². The average molecular weight is 415 g/mol. The van der Waals surface area contributed by atoms with Gasteiger partial charge in [0.1, 0.15) is 6.04 Å². The minimum Gasteiger partial charge on any atom is -0.341 e. The molecule has 29 heavy (non-hydrogen) atoms. The van der Waals surface area contributed by atoms with E-state index in [2.05, 4.69) is 23.6 Å². The first-order valence-electron chi connectivity index (χ1n) is 9.38. The van der Waals surface area contributed by atoms with Crippen LogP contribution in [0.2, 0.25) is 5.02 Å². The lowest BCUT2D eigenvalue weighted by atomic mass is 10.1. The van der Waals surface area contributed by atoms with Crippen molar-refractivity contribution in [3.05, 3.63) is 77.1 Å². The van der Waals surface area contributed by atoms with Crippen molar-refractivity contribution in [1.29, 1.82) is 0 Å². The Hall–Kier alpha value is -2.86. The lowest BCUT2D eigenvalue weighted by molar-refractivity contribution is -0.131. The third-order valence-electron chi connectivity index (χ3n) is 4.54. The molecule has 1 atom stereocenters. The maximum atomic E-state index is 12.7. The molecule has 0 saturated heterocycles. The molecule has 2 amide bonds. The molecule has 0 fully saturated rings. The number of amides is 2. The highest BCUT2D eigenvalue weighted by atomic mass is 35.5. The van der Waals surface area contributed by atoms with E-state index in [0.29, 0.717) is 30.2 Å². The third kappa shape index (κ3) is 5.57. The molecule has 0 aliphatic carbocycles. The van der Waals surface area contributed by atoms with Gasteiger partial charge in [-0.25, -0.2) is 0 Å². The lowest BCUT2D eigenvalue weighted by Gasteiger charge is -2.24. The van der Waals surface area contributed by atoms with Crippen LogP contribution in [0, 0.1) is 13.8 Å². The Labute approximate surface area is 176 Å². The van der Waals surface area contributed by atoms with Crippen molar-refractivity contribution in [1.82, 2.24) is 20.0 Å². The van der Waals surface area contributed by atoms with Crippen LogP contribution in [-0.2, 0) is 11.3 Å². The van der Waals surface area contributed by atoms with E-state index >= 15 is 0 Å². The van der Waals surface area contributed by atoms with E-state index in [1.54, 1.807) is 36.1 Å². The van der Waals surface area contributed by atoms with Crippen molar-refractivity contribution in [3.8, 4) is 0 Å². The highest BCUT2D eigenvalue weighted by Crippen LogP contribution is 2.20. The van der Waals surface area contributed by atoms with Crippen LogP contribution in [0.5, 0.6) is 0 Å². The minimum atomic E-state index is -0.666. The van der Waals surface area contributed by atoms with Crippen LogP contribution in [0.4, 0.5) is 0 Å². The number of hydrogen-bond donors (Lipinski definition) is 1. The number of benzene rings is 1. The molecule has 0 aliphatic rings. The molecule has 1 heterocycles. The van der Waals surface area contributed by atoms with Crippen LogP contribution in [0.25, 0.3) is 0 Å². The van der Waals surface area contributed by atoms with Gasteiger partial charge in [0, 0.05) is 18.7 Å². The van der Waals surface area contributed by atoms with E-state index < -0.39 is 6.04 Å². The van der Waals surface area contributed by atoms with Gasteiger partial charge in [0.15, 0.2) is 0 Å². The molecular weight excluding hydrogens is 388 g/mol. The second-order valence-corrected chi connectivity index (χ2v) is 7.24. The number of hydrogen-bond acceptors (Lipinski definition) is 3. The maximum absolute atomic E-state index is 12.7. The van der Waals surface area contributed by atoms with Crippen molar-refractivity contribution >= 4 is 23.4 Å². The van der Waals surface area contributed by atoms with E-state index in [0.717, 1.165) is 17.0 Å². The monoisotopic (exact) mass is 414 g/mol. The van der Waals surface area contributed by atoms with Crippen LogP contribution in [0.15, 0.2) is 49.6 Å². The summed E-state index contributed by atoms with van der Waals surface area (Å²) in [6, 6.07) is 6.58. The Kier molecular flexibility index (Phi) is 7.79. The van der Waals surface area contributed by atoms with Gasteiger partial charge in [-0.1, -0.05) is 35.9 Å². The van der Waals surface area contributed by atoms with Crippen molar-refractivity contribution < 1.29 is 9.59 Å². The first-order valence-corrected chi connectivity index (χ1v) is 9.76. The Morgan fingerprint density at radius 3 is 2.48 bits per heavy atom. The molecule has 0 bridgehead atoms. The summed E-state index contributed by atoms with van der Waals surface area (Å²) in [5, 5.41) is 7.84. The maximum Gasteiger partial charge on any atom is 0.251 e. The second kappa shape index (κ2) is 10.1. The molecule has 7 heteroatoms. The van der Waals surface area contributed by atoms with E-state index in [4.69, 9.17) is 11.6 Å². The number of carbonyl (C=O) groups excluding carboxylic acids is 2. The van der Waals surface area contributed by atoms with Gasteiger partial charge in [-0.05, 0) is 38.5 Å². The van der Waals surface area contributed by atoms with Crippen molar-refractivity contribution in [2.75, 3.05) is 13.1 Å². The summed E-state index contributed by atoms with van der Waals surface area (Å²) in [7, 11) is 0. The molecule has 0 saturated carbocycles. The van der Waals surface area contributed by atoms with Crippen LogP contribution in [0.1, 0.15) is 34.2 Å².